The second kappa shape index (κ2) is 5.48. The number of hydrazone groups is 1. The number of nitrogens with zero attached hydrogens (tertiary/aromatic N) is 2. The molecule has 4 heteroatoms. The number of rotatable bonds is 3. The normalized spacial score (nSPS) is 26.5. The fraction of sp³-hybridized carbons (Fsp3) is 0.300. The Hall–Kier alpha value is -2.62. The zero-order valence-corrected chi connectivity index (χ0v) is 13.9. The summed E-state index contributed by atoms with van der Waals surface area (Å²) in [6.45, 7) is 3.91. The first kappa shape index (κ1) is 14.9. The quantitative estimate of drug-likeness (QED) is 0.878. The van der Waals surface area contributed by atoms with Crippen molar-refractivity contribution in [3.63, 3.8) is 0 Å². The van der Waals surface area contributed by atoms with Crippen LogP contribution in [0.1, 0.15) is 43.5 Å². The molecule has 4 nitrogen and oxygen atoms in total. The Bertz CT molecular complexity index is 738. The van der Waals surface area contributed by atoms with E-state index >= 15 is 0 Å². The Labute approximate surface area is 142 Å². The second-order valence-corrected chi connectivity index (χ2v) is 7.15. The van der Waals surface area contributed by atoms with Crippen LogP contribution in [0, 0.1) is 5.41 Å². The van der Waals surface area contributed by atoms with E-state index in [0.29, 0.717) is 6.42 Å². The molecule has 2 aromatic carbocycles. The van der Waals surface area contributed by atoms with Crippen LogP contribution in [0.4, 0.5) is 0 Å². The Balaban J connectivity index is 1.64. The molecule has 2 aromatic rings. The first-order valence-electron chi connectivity index (χ1n) is 8.33. The predicted molar refractivity (Wildman–Crippen MR) is 94.2 cm³/mol. The van der Waals surface area contributed by atoms with Gasteiger partial charge in [-0.05, 0) is 11.1 Å². The van der Waals surface area contributed by atoms with Gasteiger partial charge in [0.2, 0.25) is 5.91 Å². The molecule has 2 heterocycles. The first-order valence-corrected chi connectivity index (χ1v) is 8.33. The summed E-state index contributed by atoms with van der Waals surface area (Å²) in [7, 11) is 0. The second-order valence-electron chi connectivity index (χ2n) is 7.15. The number of hydrogen-bond donors (Lipinski definition) is 1. The molecule has 2 fully saturated rings. The van der Waals surface area contributed by atoms with Crippen molar-refractivity contribution in [2.75, 3.05) is 0 Å². The van der Waals surface area contributed by atoms with Gasteiger partial charge in [0.15, 0.2) is 0 Å². The van der Waals surface area contributed by atoms with Crippen LogP contribution in [-0.4, -0.2) is 16.8 Å². The molecule has 122 valence electrons. The third-order valence-corrected chi connectivity index (χ3v) is 4.78. The smallest absolute Gasteiger partial charge is 0.231 e. The lowest BCUT2D eigenvalue weighted by Gasteiger charge is -2.09. The number of carbonyl (C=O) groups is 1. The zero-order valence-electron chi connectivity index (χ0n) is 13.9. The van der Waals surface area contributed by atoms with Gasteiger partial charge in [0.25, 0.3) is 0 Å². The number of hydrogen-bond acceptors (Lipinski definition) is 3. The highest BCUT2D eigenvalue weighted by Gasteiger charge is 2.50. The minimum atomic E-state index is -0.376. The highest BCUT2D eigenvalue weighted by atomic mass is 16.2. The highest BCUT2D eigenvalue weighted by molar-refractivity contribution is 6.07. The topological polar surface area (TPSA) is 44.5 Å². The summed E-state index contributed by atoms with van der Waals surface area (Å²) < 4.78 is 0. The monoisotopic (exact) mass is 319 g/mol. The fourth-order valence-electron chi connectivity index (χ4n) is 3.36. The van der Waals surface area contributed by atoms with Gasteiger partial charge in [0.1, 0.15) is 5.84 Å². The molecular weight excluding hydrogens is 298 g/mol. The molecule has 1 N–H and O–H groups in total. The van der Waals surface area contributed by atoms with Crippen molar-refractivity contribution in [3.05, 3.63) is 71.8 Å². The number of amidine groups is 1. The average Bonchev–Trinajstić information content (AvgIpc) is 3.22. The SMILES string of the molecule is CC1(C)C/C(=N/N2C(c3ccccc3)C2c2ccccc2)NC1=O. The Morgan fingerprint density at radius 2 is 1.46 bits per heavy atom. The van der Waals surface area contributed by atoms with Gasteiger partial charge in [-0.15, -0.1) is 0 Å². The lowest BCUT2D eigenvalue weighted by atomic mass is 9.92. The van der Waals surface area contributed by atoms with Crippen LogP contribution in [-0.2, 0) is 4.79 Å². The van der Waals surface area contributed by atoms with Gasteiger partial charge in [-0.25, -0.2) is 0 Å². The molecule has 2 aliphatic rings. The average molecular weight is 319 g/mol. The van der Waals surface area contributed by atoms with E-state index in [1.807, 2.05) is 26.0 Å². The number of benzene rings is 2. The van der Waals surface area contributed by atoms with Crippen LogP contribution in [0.5, 0.6) is 0 Å². The molecule has 4 rings (SSSR count). The summed E-state index contributed by atoms with van der Waals surface area (Å²) in [6.07, 6.45) is 0.658. The van der Waals surface area contributed by atoms with Crippen molar-refractivity contribution in [2.24, 2.45) is 10.5 Å². The number of carbonyl (C=O) groups excluding carboxylic acids is 1. The minimum absolute atomic E-state index is 0.0515. The molecule has 1 amide bonds. The van der Waals surface area contributed by atoms with E-state index in [-0.39, 0.29) is 23.4 Å². The van der Waals surface area contributed by atoms with E-state index in [1.165, 1.54) is 11.1 Å². The molecule has 0 bridgehead atoms. The summed E-state index contributed by atoms with van der Waals surface area (Å²) >= 11 is 0. The van der Waals surface area contributed by atoms with E-state index in [2.05, 4.69) is 58.9 Å². The van der Waals surface area contributed by atoms with Gasteiger partial charge in [-0.2, -0.15) is 5.10 Å². The summed E-state index contributed by atoms with van der Waals surface area (Å²) in [4.78, 5) is 12.0. The van der Waals surface area contributed by atoms with Crippen LogP contribution in [0.15, 0.2) is 65.8 Å². The minimum Gasteiger partial charge on any atom is -0.312 e. The van der Waals surface area contributed by atoms with Crippen LogP contribution < -0.4 is 5.32 Å². The van der Waals surface area contributed by atoms with E-state index < -0.39 is 0 Å². The molecule has 2 unspecified atom stereocenters. The van der Waals surface area contributed by atoms with Crippen molar-refractivity contribution in [1.29, 1.82) is 0 Å². The lowest BCUT2D eigenvalue weighted by molar-refractivity contribution is -0.125. The lowest BCUT2D eigenvalue weighted by Crippen LogP contribution is -2.26. The maximum absolute atomic E-state index is 12.0. The molecule has 0 spiro atoms. The van der Waals surface area contributed by atoms with Crippen molar-refractivity contribution >= 4 is 11.7 Å². The summed E-state index contributed by atoms with van der Waals surface area (Å²) in [6, 6.07) is 21.3. The maximum Gasteiger partial charge on any atom is 0.231 e. The molecule has 24 heavy (non-hydrogen) atoms. The molecule has 0 aliphatic carbocycles. The van der Waals surface area contributed by atoms with Crippen molar-refractivity contribution in [3.8, 4) is 0 Å². The highest BCUT2D eigenvalue weighted by Crippen LogP contribution is 2.55. The van der Waals surface area contributed by atoms with Crippen LogP contribution in [0.3, 0.4) is 0 Å². The van der Waals surface area contributed by atoms with Crippen molar-refractivity contribution < 1.29 is 4.79 Å². The van der Waals surface area contributed by atoms with Crippen LogP contribution in [0.2, 0.25) is 0 Å². The fourth-order valence-corrected chi connectivity index (χ4v) is 3.36. The third-order valence-electron chi connectivity index (χ3n) is 4.78. The largest absolute Gasteiger partial charge is 0.312 e. The predicted octanol–water partition coefficient (Wildman–Crippen LogP) is 3.64. The maximum atomic E-state index is 12.0. The van der Waals surface area contributed by atoms with Crippen molar-refractivity contribution in [2.45, 2.75) is 32.4 Å². The molecule has 2 aliphatic heterocycles. The molecule has 2 saturated heterocycles. The Morgan fingerprint density at radius 3 is 1.88 bits per heavy atom. The summed E-state index contributed by atoms with van der Waals surface area (Å²) in [5.41, 5.74) is 2.12. The molecular formula is C20H21N3O. The van der Waals surface area contributed by atoms with E-state index in [4.69, 9.17) is 5.10 Å². The Morgan fingerprint density at radius 1 is 0.958 bits per heavy atom. The van der Waals surface area contributed by atoms with Gasteiger partial charge in [-0.1, -0.05) is 74.5 Å². The van der Waals surface area contributed by atoms with Crippen LogP contribution in [0.25, 0.3) is 0 Å². The van der Waals surface area contributed by atoms with E-state index in [9.17, 15) is 4.79 Å². The first-order chi connectivity index (χ1) is 11.6. The molecule has 0 aromatic heterocycles. The standard InChI is InChI=1S/C20H21N3O/c1-20(2)13-16(21-19(20)24)22-23-17(14-9-5-3-6-10-14)18(23)15-11-7-4-8-12-15/h3-12,17-18H,13H2,1-2H3,(H,21,22,24). The van der Waals surface area contributed by atoms with Gasteiger partial charge >= 0.3 is 0 Å². The third kappa shape index (κ3) is 2.58. The van der Waals surface area contributed by atoms with E-state index in [0.717, 1.165) is 5.84 Å². The van der Waals surface area contributed by atoms with Gasteiger partial charge in [-0.3, -0.25) is 9.80 Å². The Kier molecular flexibility index (Phi) is 3.41. The van der Waals surface area contributed by atoms with Crippen molar-refractivity contribution in [1.82, 2.24) is 10.3 Å². The number of amides is 1. The van der Waals surface area contributed by atoms with Gasteiger partial charge in [0, 0.05) is 6.42 Å². The number of nitrogens with one attached hydrogen (secondary N) is 1. The molecule has 0 radical (unpaired) electrons. The molecule has 0 saturated carbocycles. The van der Waals surface area contributed by atoms with E-state index in [1.54, 1.807) is 0 Å². The summed E-state index contributed by atoms with van der Waals surface area (Å²) in [5, 5.41) is 9.80. The zero-order chi connectivity index (χ0) is 16.7. The van der Waals surface area contributed by atoms with Crippen LogP contribution >= 0.6 is 0 Å². The molecule has 2 atom stereocenters. The summed E-state index contributed by atoms with van der Waals surface area (Å²) in [5.74, 6) is 0.819. The van der Waals surface area contributed by atoms with Gasteiger partial charge in [0.05, 0.1) is 17.5 Å². The van der Waals surface area contributed by atoms with Gasteiger partial charge < -0.3 is 5.32 Å².